The van der Waals surface area contributed by atoms with E-state index in [0.29, 0.717) is 10.7 Å². The number of hydrogen-bond acceptors (Lipinski definition) is 4. The first-order valence-electron chi connectivity index (χ1n) is 8.82. The van der Waals surface area contributed by atoms with Crippen molar-refractivity contribution in [1.82, 2.24) is 4.98 Å². The molecule has 144 valence electrons. The van der Waals surface area contributed by atoms with E-state index in [4.69, 9.17) is 0 Å². The van der Waals surface area contributed by atoms with Crippen molar-refractivity contribution < 1.29 is 13.2 Å². The number of halogens is 1. The second kappa shape index (κ2) is 7.48. The quantitative estimate of drug-likeness (QED) is 0.643. The summed E-state index contributed by atoms with van der Waals surface area (Å²) in [5.74, 6) is -0.423. The third-order valence-corrected chi connectivity index (χ3v) is 5.87. The zero-order chi connectivity index (χ0) is 19.8. The van der Waals surface area contributed by atoms with E-state index >= 15 is 0 Å². The second-order valence-electron chi connectivity index (χ2n) is 7.59. The number of nitrogens with one attached hydrogen (secondary N) is 1. The number of pyridine rings is 1. The molecule has 1 aromatic heterocycles. The number of amides is 1. The van der Waals surface area contributed by atoms with Crippen molar-refractivity contribution in [3.8, 4) is 0 Å². The molecular weight excluding hydrogens is 365 g/mol. The SMILES string of the molecule is Cc1cc(F)ccc1N1CCC(C)(C)C1C(=O)Nc1ccnc([S-](C)#[O+])c1. The summed E-state index contributed by atoms with van der Waals surface area (Å²) in [6.45, 7) is 6.70. The molecule has 0 spiro atoms. The summed E-state index contributed by atoms with van der Waals surface area (Å²) < 4.78 is 25.1. The van der Waals surface area contributed by atoms with Crippen LogP contribution in [-0.2, 0) is 19.5 Å². The minimum absolute atomic E-state index is 0.139. The van der Waals surface area contributed by atoms with Crippen LogP contribution in [0.2, 0.25) is 0 Å². The van der Waals surface area contributed by atoms with Crippen molar-refractivity contribution in [3.63, 3.8) is 0 Å². The van der Waals surface area contributed by atoms with Gasteiger partial charge in [0, 0.05) is 0 Å². The van der Waals surface area contributed by atoms with E-state index < -0.39 is 16.7 Å². The van der Waals surface area contributed by atoms with Gasteiger partial charge in [-0.25, -0.2) is 4.39 Å². The van der Waals surface area contributed by atoms with Crippen LogP contribution in [0, 0.1) is 18.2 Å². The van der Waals surface area contributed by atoms with Gasteiger partial charge in [-0.3, -0.25) is 0 Å². The molecule has 1 amide bonds. The fourth-order valence-corrected chi connectivity index (χ4v) is 4.15. The number of aromatic nitrogens is 1. The first-order valence-corrected chi connectivity index (χ1v) is 10.4. The molecule has 0 saturated carbocycles. The van der Waals surface area contributed by atoms with Gasteiger partial charge in [-0.05, 0) is 0 Å². The molecule has 1 N–H and O–H groups in total. The molecule has 7 heteroatoms. The van der Waals surface area contributed by atoms with Crippen LogP contribution >= 0.6 is 0 Å². The van der Waals surface area contributed by atoms with Crippen molar-refractivity contribution in [2.75, 3.05) is 23.0 Å². The maximum atomic E-state index is 13.5. The van der Waals surface area contributed by atoms with Gasteiger partial charge in [-0.2, -0.15) is 0 Å². The summed E-state index contributed by atoms with van der Waals surface area (Å²) in [4.78, 5) is 19.3. The molecule has 0 radical (unpaired) electrons. The van der Waals surface area contributed by atoms with Crippen LogP contribution in [0.3, 0.4) is 0 Å². The topological polar surface area (TPSA) is 65.1 Å². The Morgan fingerprint density at radius 2 is 2.11 bits per heavy atom. The zero-order valence-corrected chi connectivity index (χ0v) is 16.8. The molecule has 0 bridgehead atoms. The van der Waals surface area contributed by atoms with E-state index in [-0.39, 0.29) is 17.1 Å². The average Bonchev–Trinajstić information content (AvgIpc) is 2.90. The van der Waals surface area contributed by atoms with Crippen molar-refractivity contribution in [2.45, 2.75) is 38.3 Å². The van der Waals surface area contributed by atoms with E-state index in [1.54, 1.807) is 24.5 Å². The Bertz CT molecular complexity index is 952. The molecule has 0 aliphatic carbocycles. The molecule has 1 unspecified atom stereocenters. The van der Waals surface area contributed by atoms with Crippen LogP contribution in [0.15, 0.2) is 41.6 Å². The molecule has 1 saturated heterocycles. The number of carbonyl (C=O) groups is 1. The molecule has 27 heavy (non-hydrogen) atoms. The van der Waals surface area contributed by atoms with Gasteiger partial charge in [0.25, 0.3) is 0 Å². The van der Waals surface area contributed by atoms with E-state index in [0.717, 1.165) is 24.2 Å². The number of rotatable bonds is 3. The standard InChI is InChI=1S/C20H24FN3O2S/c1-13-11-14(21)5-6-16(13)24-10-8-20(2,3)18(24)19(25)23-15-7-9-22-17(12-15)27(4)26/h5-7,9,11-12,18H,8,10H2,1-4H3,(H,22,23,25). The van der Waals surface area contributed by atoms with Crippen molar-refractivity contribution in [2.24, 2.45) is 5.41 Å². The first-order chi connectivity index (χ1) is 12.7. The van der Waals surface area contributed by atoms with Gasteiger partial charge < -0.3 is 0 Å². The summed E-state index contributed by atoms with van der Waals surface area (Å²) in [6.07, 6.45) is 3.93. The number of aryl methyl sites for hydroxylation is 1. The minimum atomic E-state index is -1.22. The van der Waals surface area contributed by atoms with Gasteiger partial charge in [-0.1, -0.05) is 0 Å². The van der Waals surface area contributed by atoms with Gasteiger partial charge in [0.15, 0.2) is 0 Å². The summed E-state index contributed by atoms with van der Waals surface area (Å²) in [7, 11) is -1.22. The van der Waals surface area contributed by atoms with Crippen LogP contribution in [0.5, 0.6) is 0 Å². The fourth-order valence-electron chi connectivity index (χ4n) is 3.65. The third kappa shape index (κ3) is 4.09. The molecular formula is C20H24FN3O2S. The Kier molecular flexibility index (Phi) is 5.44. The van der Waals surface area contributed by atoms with Crippen LogP contribution < -0.4 is 10.2 Å². The fraction of sp³-hybridized carbons (Fsp3) is 0.400. The predicted octanol–water partition coefficient (Wildman–Crippen LogP) is 3.73. The first kappa shape index (κ1) is 19.6. The summed E-state index contributed by atoms with van der Waals surface area (Å²) in [5.41, 5.74) is 2.00. The summed E-state index contributed by atoms with van der Waals surface area (Å²) in [5, 5.41) is 3.36. The van der Waals surface area contributed by atoms with Crippen LogP contribution in [0.1, 0.15) is 25.8 Å². The number of benzene rings is 1. The Hall–Kier alpha value is -2.12. The number of anilines is 2. The molecule has 3 rings (SSSR count). The van der Waals surface area contributed by atoms with E-state index in [1.807, 2.05) is 11.8 Å². The Balaban J connectivity index is 1.90. The van der Waals surface area contributed by atoms with Crippen LogP contribution in [-0.4, -0.2) is 29.7 Å². The summed E-state index contributed by atoms with van der Waals surface area (Å²) in [6, 6.07) is 7.56. The van der Waals surface area contributed by atoms with E-state index in [9.17, 15) is 13.2 Å². The molecule has 2 aromatic rings. The van der Waals surface area contributed by atoms with Crippen LogP contribution in [0.25, 0.3) is 0 Å². The normalized spacial score (nSPS) is 18.7. The monoisotopic (exact) mass is 389 g/mol. The number of carbonyl (C=O) groups excluding carboxylic acids is 1. The average molecular weight is 389 g/mol. The second-order valence-corrected chi connectivity index (χ2v) is 8.92. The molecule has 2 heterocycles. The van der Waals surface area contributed by atoms with E-state index in [1.165, 1.54) is 18.3 Å². The molecule has 5 nitrogen and oxygen atoms in total. The molecule has 1 aliphatic heterocycles. The molecule has 1 aliphatic rings. The molecule has 1 fully saturated rings. The molecule has 1 atom stereocenters. The summed E-state index contributed by atoms with van der Waals surface area (Å²) >= 11 is 0. The number of hydrogen-bond donors (Lipinski definition) is 1. The third-order valence-electron chi connectivity index (χ3n) is 5.06. The maximum absolute atomic E-state index is 13.5. The van der Waals surface area contributed by atoms with Gasteiger partial charge in [-0.15, -0.1) is 0 Å². The Morgan fingerprint density at radius 1 is 1.37 bits per heavy atom. The number of nitrogens with zero attached hydrogens (tertiary/aromatic N) is 2. The van der Waals surface area contributed by atoms with Gasteiger partial charge in [0.1, 0.15) is 0 Å². The van der Waals surface area contributed by atoms with Gasteiger partial charge >= 0.3 is 156 Å². The zero-order valence-electron chi connectivity index (χ0n) is 16.0. The van der Waals surface area contributed by atoms with Crippen molar-refractivity contribution in [3.05, 3.63) is 47.9 Å². The van der Waals surface area contributed by atoms with E-state index in [2.05, 4.69) is 24.1 Å². The predicted molar refractivity (Wildman–Crippen MR) is 106 cm³/mol. The van der Waals surface area contributed by atoms with Crippen LogP contribution in [0.4, 0.5) is 15.8 Å². The molecule has 1 aromatic carbocycles. The Labute approximate surface area is 161 Å². The van der Waals surface area contributed by atoms with Gasteiger partial charge in [0.05, 0.1) is 0 Å². The van der Waals surface area contributed by atoms with Crippen molar-refractivity contribution >= 4 is 27.9 Å². The Morgan fingerprint density at radius 3 is 2.78 bits per heavy atom. The van der Waals surface area contributed by atoms with Crippen molar-refractivity contribution in [1.29, 1.82) is 0 Å². The van der Waals surface area contributed by atoms with Gasteiger partial charge in [0.2, 0.25) is 0 Å².